The molecule has 0 radical (unpaired) electrons. The first-order valence-electron chi connectivity index (χ1n) is 7.77. The van der Waals surface area contributed by atoms with Crippen molar-refractivity contribution in [1.82, 2.24) is 15.3 Å². The van der Waals surface area contributed by atoms with E-state index in [0.717, 1.165) is 25.3 Å². The molecule has 3 nitrogen and oxygen atoms in total. The zero-order valence-corrected chi connectivity index (χ0v) is 12.6. The van der Waals surface area contributed by atoms with E-state index in [-0.39, 0.29) is 0 Å². The fourth-order valence-corrected chi connectivity index (χ4v) is 2.67. The van der Waals surface area contributed by atoms with Crippen LogP contribution in [0.1, 0.15) is 67.7 Å². The molecule has 1 fully saturated rings. The Morgan fingerprint density at radius 1 is 1.11 bits per heavy atom. The molecule has 1 aliphatic rings. The summed E-state index contributed by atoms with van der Waals surface area (Å²) in [6.45, 7) is 8.71. The van der Waals surface area contributed by atoms with Crippen LogP contribution in [0.2, 0.25) is 0 Å². The molecule has 0 unspecified atom stereocenters. The minimum Gasteiger partial charge on any atom is -0.317 e. The van der Waals surface area contributed by atoms with Gasteiger partial charge in [0.05, 0.1) is 0 Å². The summed E-state index contributed by atoms with van der Waals surface area (Å²) in [5, 5.41) is 3.45. The third-order valence-corrected chi connectivity index (χ3v) is 4.12. The molecule has 0 bridgehead atoms. The van der Waals surface area contributed by atoms with Crippen molar-refractivity contribution in [2.45, 2.75) is 65.2 Å². The maximum absolute atomic E-state index is 4.74. The quantitative estimate of drug-likeness (QED) is 0.765. The van der Waals surface area contributed by atoms with E-state index in [9.17, 15) is 0 Å². The van der Waals surface area contributed by atoms with Gasteiger partial charge in [0.15, 0.2) is 0 Å². The summed E-state index contributed by atoms with van der Waals surface area (Å²) in [6.07, 6.45) is 7.37. The van der Waals surface area contributed by atoms with Crippen molar-refractivity contribution in [3.8, 4) is 0 Å². The van der Waals surface area contributed by atoms with Gasteiger partial charge in [0.2, 0.25) is 0 Å². The lowest BCUT2D eigenvalue weighted by Gasteiger charge is -2.25. The zero-order valence-electron chi connectivity index (χ0n) is 12.6. The first kappa shape index (κ1) is 14.4. The van der Waals surface area contributed by atoms with Crippen LogP contribution in [-0.2, 0) is 6.42 Å². The van der Waals surface area contributed by atoms with Crippen LogP contribution in [-0.4, -0.2) is 23.1 Å². The van der Waals surface area contributed by atoms with E-state index in [2.05, 4.69) is 26.1 Å². The molecule has 1 heterocycles. The van der Waals surface area contributed by atoms with Crippen LogP contribution in [0.15, 0.2) is 0 Å². The lowest BCUT2D eigenvalue weighted by molar-refractivity contribution is 0.399. The minimum atomic E-state index is 0.637. The summed E-state index contributed by atoms with van der Waals surface area (Å²) >= 11 is 0. The van der Waals surface area contributed by atoms with Gasteiger partial charge in [-0.2, -0.15) is 0 Å². The maximum atomic E-state index is 4.74. The van der Waals surface area contributed by atoms with Crippen molar-refractivity contribution in [3.63, 3.8) is 0 Å². The van der Waals surface area contributed by atoms with Crippen LogP contribution >= 0.6 is 0 Å². The smallest absolute Gasteiger partial charge is 0.131 e. The van der Waals surface area contributed by atoms with Crippen molar-refractivity contribution in [3.05, 3.63) is 22.8 Å². The molecule has 1 aromatic heterocycles. The summed E-state index contributed by atoms with van der Waals surface area (Å²) < 4.78 is 0. The van der Waals surface area contributed by atoms with Gasteiger partial charge >= 0.3 is 0 Å². The third-order valence-electron chi connectivity index (χ3n) is 4.12. The van der Waals surface area contributed by atoms with Crippen molar-refractivity contribution < 1.29 is 0 Å². The molecule has 106 valence electrons. The zero-order chi connectivity index (χ0) is 13.7. The average Bonchev–Trinajstić information content (AvgIpc) is 2.29. The van der Waals surface area contributed by atoms with Crippen molar-refractivity contribution in [1.29, 1.82) is 0 Å². The Balaban J connectivity index is 1.92. The van der Waals surface area contributed by atoms with Gasteiger partial charge in [0.1, 0.15) is 5.82 Å². The standard InChI is InChI=1S/C16H27N3/c1-4-10-17-11-6-9-15-12(2)18-16(19-13(15)3)14-7-5-8-14/h14,17H,4-11H2,1-3H3. The Morgan fingerprint density at radius 2 is 1.79 bits per heavy atom. The molecule has 1 saturated carbocycles. The van der Waals surface area contributed by atoms with E-state index in [1.54, 1.807) is 0 Å². The van der Waals surface area contributed by atoms with E-state index < -0.39 is 0 Å². The molecule has 1 N–H and O–H groups in total. The minimum absolute atomic E-state index is 0.637. The monoisotopic (exact) mass is 261 g/mol. The van der Waals surface area contributed by atoms with Gasteiger partial charge in [-0.05, 0) is 64.6 Å². The molecule has 1 aliphatic carbocycles. The van der Waals surface area contributed by atoms with E-state index in [4.69, 9.17) is 9.97 Å². The van der Waals surface area contributed by atoms with E-state index in [0.29, 0.717) is 5.92 Å². The normalized spacial score (nSPS) is 15.5. The number of nitrogens with one attached hydrogen (secondary N) is 1. The highest BCUT2D eigenvalue weighted by atomic mass is 14.9. The second-order valence-corrected chi connectivity index (χ2v) is 5.71. The number of aromatic nitrogens is 2. The number of rotatable bonds is 7. The van der Waals surface area contributed by atoms with E-state index >= 15 is 0 Å². The lowest BCUT2D eigenvalue weighted by atomic mass is 9.84. The number of nitrogens with zero attached hydrogens (tertiary/aromatic N) is 2. The Hall–Kier alpha value is -0.960. The second kappa shape index (κ2) is 6.99. The molecule has 0 amide bonds. The Kier molecular flexibility index (Phi) is 5.32. The average molecular weight is 261 g/mol. The van der Waals surface area contributed by atoms with Gasteiger partial charge in [0, 0.05) is 17.3 Å². The maximum Gasteiger partial charge on any atom is 0.131 e. The molecule has 0 saturated heterocycles. The molecule has 0 aliphatic heterocycles. The largest absolute Gasteiger partial charge is 0.317 e. The van der Waals surface area contributed by atoms with Crippen LogP contribution in [0.3, 0.4) is 0 Å². The molecule has 2 rings (SSSR count). The van der Waals surface area contributed by atoms with Crippen molar-refractivity contribution in [2.24, 2.45) is 0 Å². The second-order valence-electron chi connectivity index (χ2n) is 5.71. The van der Waals surface area contributed by atoms with Crippen LogP contribution in [0.25, 0.3) is 0 Å². The molecule has 19 heavy (non-hydrogen) atoms. The van der Waals surface area contributed by atoms with Crippen LogP contribution in [0.4, 0.5) is 0 Å². The number of hydrogen-bond donors (Lipinski definition) is 1. The summed E-state index contributed by atoms with van der Waals surface area (Å²) in [7, 11) is 0. The van der Waals surface area contributed by atoms with Crippen LogP contribution in [0.5, 0.6) is 0 Å². The SMILES string of the molecule is CCCNCCCc1c(C)nc(C2CCC2)nc1C. The fourth-order valence-electron chi connectivity index (χ4n) is 2.67. The predicted octanol–water partition coefficient (Wildman–Crippen LogP) is 3.29. The van der Waals surface area contributed by atoms with Gasteiger partial charge in [-0.1, -0.05) is 13.3 Å². The molecule has 1 aromatic rings. The highest BCUT2D eigenvalue weighted by Gasteiger charge is 2.23. The number of hydrogen-bond acceptors (Lipinski definition) is 3. The van der Waals surface area contributed by atoms with Crippen molar-refractivity contribution >= 4 is 0 Å². The summed E-state index contributed by atoms with van der Waals surface area (Å²) in [5.41, 5.74) is 3.76. The summed E-state index contributed by atoms with van der Waals surface area (Å²) in [6, 6.07) is 0. The third kappa shape index (κ3) is 3.75. The predicted molar refractivity (Wildman–Crippen MR) is 79.6 cm³/mol. The van der Waals surface area contributed by atoms with E-state index in [1.165, 1.54) is 49.1 Å². The van der Waals surface area contributed by atoms with E-state index in [1.807, 2.05) is 0 Å². The van der Waals surface area contributed by atoms with Gasteiger partial charge in [0.25, 0.3) is 0 Å². The molecule has 3 heteroatoms. The summed E-state index contributed by atoms with van der Waals surface area (Å²) in [5.74, 6) is 1.73. The number of aryl methyl sites for hydroxylation is 2. The molecule has 0 aromatic carbocycles. The Labute approximate surface area is 117 Å². The first-order chi connectivity index (χ1) is 9.22. The Morgan fingerprint density at radius 3 is 2.32 bits per heavy atom. The van der Waals surface area contributed by atoms with Gasteiger partial charge in [-0.25, -0.2) is 9.97 Å². The van der Waals surface area contributed by atoms with Crippen LogP contribution < -0.4 is 5.32 Å². The van der Waals surface area contributed by atoms with Gasteiger partial charge in [-0.15, -0.1) is 0 Å². The molecule has 0 atom stereocenters. The lowest BCUT2D eigenvalue weighted by Crippen LogP contribution is -2.18. The van der Waals surface area contributed by atoms with Gasteiger partial charge in [-0.3, -0.25) is 0 Å². The first-order valence-corrected chi connectivity index (χ1v) is 7.77. The molecular weight excluding hydrogens is 234 g/mol. The summed E-state index contributed by atoms with van der Waals surface area (Å²) in [4.78, 5) is 9.48. The van der Waals surface area contributed by atoms with Crippen molar-refractivity contribution in [2.75, 3.05) is 13.1 Å². The molecule has 0 spiro atoms. The topological polar surface area (TPSA) is 37.8 Å². The Bertz CT molecular complexity index is 387. The van der Waals surface area contributed by atoms with Crippen LogP contribution in [0, 0.1) is 13.8 Å². The molecular formula is C16H27N3. The van der Waals surface area contributed by atoms with Gasteiger partial charge < -0.3 is 5.32 Å². The highest BCUT2D eigenvalue weighted by Crippen LogP contribution is 2.34. The highest BCUT2D eigenvalue weighted by molar-refractivity contribution is 5.25. The fraction of sp³-hybridized carbons (Fsp3) is 0.750.